The van der Waals surface area contributed by atoms with Gasteiger partial charge in [-0.15, -0.1) is 24.2 Å². The first-order valence-electron chi connectivity index (χ1n) is 8.02. The highest BCUT2D eigenvalue weighted by molar-refractivity contribution is 8.00. The minimum absolute atomic E-state index is 0. The van der Waals surface area contributed by atoms with Crippen LogP contribution in [0.4, 0.5) is 10.8 Å². The van der Waals surface area contributed by atoms with Crippen LogP contribution in [0.15, 0.2) is 45.3 Å². The maximum absolute atomic E-state index is 12.2. The van der Waals surface area contributed by atoms with Crippen LogP contribution in [-0.2, 0) is 11.2 Å². The molecule has 0 atom stereocenters. The first-order valence-corrected chi connectivity index (χ1v) is 9.82. The highest BCUT2D eigenvalue weighted by Crippen LogP contribution is 2.32. The maximum Gasteiger partial charge on any atom is 0.257 e. The number of hydrogen-bond acceptors (Lipinski definition) is 7. The lowest BCUT2D eigenvalue weighted by Gasteiger charge is -2.12. The third kappa shape index (κ3) is 5.72. The first kappa shape index (κ1) is 21.3. The number of amides is 1. The number of benzene rings is 1. The zero-order chi connectivity index (χ0) is 18.7. The van der Waals surface area contributed by atoms with E-state index in [2.05, 4.69) is 36.1 Å². The van der Waals surface area contributed by atoms with Crippen LogP contribution in [0.1, 0.15) is 42.8 Å². The van der Waals surface area contributed by atoms with E-state index in [0.29, 0.717) is 28.0 Å². The van der Waals surface area contributed by atoms with Gasteiger partial charge in [-0.05, 0) is 24.3 Å². The van der Waals surface area contributed by atoms with Crippen molar-refractivity contribution < 1.29 is 9.21 Å². The van der Waals surface area contributed by atoms with Crippen LogP contribution >= 0.6 is 35.5 Å². The standard InChI is InChI=1S/C18H20N4O2S2.ClH/c1-18(2,3)13-8-20-14(24-13)10-25-15-9-21-17(26-15)22-16(23)11-4-6-12(19)7-5-11;/h4-9H,10,19H2,1-3H3,(H,21,22,23);1H. The summed E-state index contributed by atoms with van der Waals surface area (Å²) >= 11 is 2.99. The maximum atomic E-state index is 12.2. The van der Waals surface area contributed by atoms with Crippen molar-refractivity contribution in [3.8, 4) is 0 Å². The Morgan fingerprint density at radius 2 is 1.93 bits per heavy atom. The van der Waals surface area contributed by atoms with E-state index < -0.39 is 0 Å². The monoisotopic (exact) mass is 424 g/mol. The minimum atomic E-state index is -0.210. The van der Waals surface area contributed by atoms with Gasteiger partial charge in [-0.25, -0.2) is 9.97 Å². The fourth-order valence-electron chi connectivity index (χ4n) is 2.04. The van der Waals surface area contributed by atoms with Crippen molar-refractivity contribution in [1.82, 2.24) is 9.97 Å². The SMILES string of the molecule is CC(C)(C)c1cnc(CSc2cnc(NC(=O)c3ccc(N)cc3)s2)o1.Cl. The summed E-state index contributed by atoms with van der Waals surface area (Å²) in [5.41, 5.74) is 6.74. The van der Waals surface area contributed by atoms with E-state index in [4.69, 9.17) is 10.2 Å². The average molecular weight is 425 g/mol. The van der Waals surface area contributed by atoms with Crippen LogP contribution < -0.4 is 11.1 Å². The normalized spacial score (nSPS) is 11.1. The summed E-state index contributed by atoms with van der Waals surface area (Å²) in [4.78, 5) is 20.8. The number of nitrogens with two attached hydrogens (primary N) is 1. The van der Waals surface area contributed by atoms with E-state index in [0.717, 1.165) is 9.97 Å². The third-order valence-corrected chi connectivity index (χ3v) is 5.60. The molecule has 6 nitrogen and oxygen atoms in total. The van der Waals surface area contributed by atoms with Gasteiger partial charge in [0.05, 0.1) is 22.4 Å². The van der Waals surface area contributed by atoms with Crippen LogP contribution in [0, 0.1) is 0 Å². The topological polar surface area (TPSA) is 94.0 Å². The van der Waals surface area contributed by atoms with E-state index in [1.807, 2.05) is 0 Å². The van der Waals surface area contributed by atoms with Gasteiger partial charge in [0.1, 0.15) is 5.76 Å². The Hall–Kier alpha value is -2.03. The number of thiazole rings is 1. The number of rotatable bonds is 5. The van der Waals surface area contributed by atoms with Gasteiger partial charge in [0.25, 0.3) is 5.91 Å². The number of nitrogen functional groups attached to an aromatic ring is 1. The Bertz CT molecular complexity index is 901. The Morgan fingerprint density at radius 3 is 2.56 bits per heavy atom. The summed E-state index contributed by atoms with van der Waals surface area (Å²) in [5.74, 6) is 1.96. The van der Waals surface area contributed by atoms with Crippen LogP contribution in [0.5, 0.6) is 0 Å². The number of halogens is 1. The molecule has 0 radical (unpaired) electrons. The zero-order valence-electron chi connectivity index (χ0n) is 15.2. The van der Waals surface area contributed by atoms with Gasteiger partial charge in [0.15, 0.2) is 5.13 Å². The molecule has 3 aromatic rings. The second-order valence-electron chi connectivity index (χ2n) is 6.72. The second kappa shape index (κ2) is 8.77. The first-order chi connectivity index (χ1) is 12.3. The quantitative estimate of drug-likeness (QED) is 0.443. The number of oxazole rings is 1. The summed E-state index contributed by atoms with van der Waals surface area (Å²) in [7, 11) is 0. The van der Waals surface area contributed by atoms with Crippen LogP contribution in [0.2, 0.25) is 0 Å². The van der Waals surface area contributed by atoms with Crippen molar-refractivity contribution in [2.45, 2.75) is 36.1 Å². The molecule has 0 unspecified atom stereocenters. The molecule has 9 heteroatoms. The van der Waals surface area contributed by atoms with Crippen molar-refractivity contribution in [2.75, 3.05) is 11.1 Å². The van der Waals surface area contributed by atoms with Gasteiger partial charge < -0.3 is 10.2 Å². The molecule has 3 rings (SSSR count). The van der Waals surface area contributed by atoms with Gasteiger partial charge >= 0.3 is 0 Å². The summed E-state index contributed by atoms with van der Waals surface area (Å²) in [6, 6.07) is 6.76. The van der Waals surface area contributed by atoms with Crippen molar-refractivity contribution >= 4 is 52.2 Å². The molecule has 27 heavy (non-hydrogen) atoms. The molecule has 0 bridgehead atoms. The lowest BCUT2D eigenvalue weighted by Crippen LogP contribution is -2.11. The van der Waals surface area contributed by atoms with Gasteiger partial charge in [0, 0.05) is 16.7 Å². The molecule has 1 amide bonds. The molecule has 0 aliphatic rings. The van der Waals surface area contributed by atoms with E-state index in [1.54, 1.807) is 48.4 Å². The third-order valence-electron chi connectivity index (χ3n) is 3.51. The summed E-state index contributed by atoms with van der Waals surface area (Å²) in [5, 5.41) is 3.35. The number of carbonyl (C=O) groups excluding carboxylic acids is 1. The number of thioether (sulfide) groups is 1. The Balaban J connectivity index is 0.00000261. The van der Waals surface area contributed by atoms with E-state index in [9.17, 15) is 4.79 Å². The fourth-order valence-corrected chi connectivity index (χ4v) is 3.77. The summed E-state index contributed by atoms with van der Waals surface area (Å²) in [6.45, 7) is 6.26. The van der Waals surface area contributed by atoms with Crippen molar-refractivity contribution in [3.63, 3.8) is 0 Å². The van der Waals surface area contributed by atoms with Gasteiger partial charge in [-0.3, -0.25) is 10.1 Å². The Labute approximate surface area is 172 Å². The zero-order valence-corrected chi connectivity index (χ0v) is 17.6. The summed E-state index contributed by atoms with van der Waals surface area (Å²) in [6.07, 6.45) is 3.52. The number of nitrogens with one attached hydrogen (secondary N) is 1. The van der Waals surface area contributed by atoms with E-state index in [1.165, 1.54) is 11.3 Å². The van der Waals surface area contributed by atoms with E-state index in [-0.39, 0.29) is 23.7 Å². The number of anilines is 2. The Kier molecular flexibility index (Phi) is 6.91. The fraction of sp³-hybridized carbons (Fsp3) is 0.278. The van der Waals surface area contributed by atoms with Crippen LogP contribution in [-0.4, -0.2) is 15.9 Å². The van der Waals surface area contributed by atoms with Gasteiger partial charge in [-0.1, -0.05) is 32.1 Å². The largest absolute Gasteiger partial charge is 0.444 e. The molecule has 0 saturated carbocycles. The van der Waals surface area contributed by atoms with Gasteiger partial charge in [0.2, 0.25) is 5.89 Å². The number of nitrogens with zero attached hydrogens (tertiary/aromatic N) is 2. The predicted octanol–water partition coefficient (Wildman–Crippen LogP) is 4.98. The van der Waals surface area contributed by atoms with Crippen molar-refractivity contribution in [2.24, 2.45) is 0 Å². The molecule has 144 valence electrons. The molecule has 0 spiro atoms. The highest BCUT2D eigenvalue weighted by Gasteiger charge is 2.19. The second-order valence-corrected chi connectivity index (χ2v) is 9.02. The molecule has 3 N–H and O–H groups in total. The lowest BCUT2D eigenvalue weighted by atomic mass is 9.94. The molecule has 2 aromatic heterocycles. The molecular formula is C18H21ClN4O2S2. The van der Waals surface area contributed by atoms with Crippen molar-refractivity contribution in [1.29, 1.82) is 0 Å². The molecule has 0 saturated heterocycles. The molecule has 2 heterocycles. The van der Waals surface area contributed by atoms with Crippen molar-refractivity contribution in [3.05, 3.63) is 53.9 Å². The minimum Gasteiger partial charge on any atom is -0.444 e. The lowest BCUT2D eigenvalue weighted by molar-refractivity contribution is 0.102. The molecular weight excluding hydrogens is 404 g/mol. The molecule has 0 aliphatic carbocycles. The number of carbonyl (C=O) groups is 1. The average Bonchev–Trinajstić information content (AvgIpc) is 3.22. The predicted molar refractivity (Wildman–Crippen MR) is 113 cm³/mol. The van der Waals surface area contributed by atoms with Gasteiger partial charge in [-0.2, -0.15) is 0 Å². The molecule has 1 aromatic carbocycles. The summed E-state index contributed by atoms with van der Waals surface area (Å²) < 4.78 is 6.76. The molecule has 0 fully saturated rings. The number of aromatic nitrogens is 2. The molecule has 0 aliphatic heterocycles. The van der Waals surface area contributed by atoms with Crippen LogP contribution in [0.25, 0.3) is 0 Å². The smallest absolute Gasteiger partial charge is 0.257 e. The van der Waals surface area contributed by atoms with Crippen LogP contribution in [0.3, 0.4) is 0 Å². The van der Waals surface area contributed by atoms with E-state index >= 15 is 0 Å². The highest BCUT2D eigenvalue weighted by atomic mass is 35.5. The number of hydrogen-bond donors (Lipinski definition) is 2. The Morgan fingerprint density at radius 1 is 1.22 bits per heavy atom.